The van der Waals surface area contributed by atoms with E-state index in [1.807, 2.05) is 30.3 Å². The van der Waals surface area contributed by atoms with Crippen molar-refractivity contribution in [2.24, 2.45) is 0 Å². The van der Waals surface area contributed by atoms with Gasteiger partial charge in [-0.15, -0.1) is 5.10 Å². The predicted molar refractivity (Wildman–Crippen MR) is 82.3 cm³/mol. The number of morpholine rings is 1. The molecule has 0 radical (unpaired) electrons. The predicted octanol–water partition coefficient (Wildman–Crippen LogP) is 2.94. The number of rotatable bonds is 3. The highest BCUT2D eigenvalue weighted by atomic mass is 32.1. The molecule has 1 aliphatic heterocycles. The minimum absolute atomic E-state index is 0.225. The molecule has 1 aromatic heterocycles. The van der Waals surface area contributed by atoms with Gasteiger partial charge in [-0.2, -0.15) is 0 Å². The van der Waals surface area contributed by atoms with Gasteiger partial charge < -0.3 is 9.15 Å². The van der Waals surface area contributed by atoms with Crippen LogP contribution in [0.3, 0.4) is 0 Å². The zero-order valence-corrected chi connectivity index (χ0v) is 13.0. The molecule has 1 saturated heterocycles. The van der Waals surface area contributed by atoms with E-state index in [9.17, 15) is 0 Å². The molecule has 3 rings (SSSR count). The van der Waals surface area contributed by atoms with E-state index in [4.69, 9.17) is 21.4 Å². The monoisotopic (exact) mass is 305 g/mol. The molecule has 2 aromatic rings. The lowest BCUT2D eigenvalue weighted by Gasteiger charge is -2.34. The first-order valence-electron chi connectivity index (χ1n) is 7.13. The van der Waals surface area contributed by atoms with Crippen molar-refractivity contribution in [1.82, 2.24) is 14.7 Å². The fraction of sp³-hybridized carbons (Fsp3) is 0.467. The summed E-state index contributed by atoms with van der Waals surface area (Å²) < 4.78 is 13.1. The fourth-order valence-electron chi connectivity index (χ4n) is 2.68. The van der Waals surface area contributed by atoms with Crippen molar-refractivity contribution in [3.05, 3.63) is 35.2 Å². The Kier molecular flexibility index (Phi) is 4.19. The van der Waals surface area contributed by atoms with Crippen LogP contribution >= 0.6 is 12.2 Å². The molecule has 2 heterocycles. The van der Waals surface area contributed by atoms with Gasteiger partial charge in [0.15, 0.2) is 0 Å². The molecule has 0 spiro atoms. The van der Waals surface area contributed by atoms with Gasteiger partial charge in [-0.1, -0.05) is 18.2 Å². The van der Waals surface area contributed by atoms with Gasteiger partial charge in [0, 0.05) is 18.7 Å². The van der Waals surface area contributed by atoms with Crippen LogP contribution in [0.15, 0.2) is 34.7 Å². The molecule has 5 nitrogen and oxygen atoms in total. The zero-order chi connectivity index (χ0) is 14.8. The van der Waals surface area contributed by atoms with Gasteiger partial charge >= 0.3 is 0 Å². The first kappa shape index (κ1) is 14.4. The Hall–Kier alpha value is -1.50. The van der Waals surface area contributed by atoms with Crippen LogP contribution in [0.25, 0.3) is 11.5 Å². The SMILES string of the molecule is C[C@@H]1CN(Cn2nc(-c3ccccc3)oc2=S)C[C@H](C)O1. The quantitative estimate of drug-likeness (QED) is 0.816. The second-order valence-corrected chi connectivity index (χ2v) is 5.82. The largest absolute Gasteiger partial charge is 0.409 e. The number of benzene rings is 1. The molecule has 0 N–H and O–H groups in total. The lowest BCUT2D eigenvalue weighted by atomic mass is 10.2. The van der Waals surface area contributed by atoms with Crippen LogP contribution in [0.1, 0.15) is 13.8 Å². The van der Waals surface area contributed by atoms with Crippen LogP contribution in [-0.4, -0.2) is 40.0 Å². The summed E-state index contributed by atoms with van der Waals surface area (Å²) >= 11 is 5.28. The summed E-state index contributed by atoms with van der Waals surface area (Å²) in [5, 5.41) is 4.49. The van der Waals surface area contributed by atoms with E-state index in [2.05, 4.69) is 23.8 Å². The summed E-state index contributed by atoms with van der Waals surface area (Å²) in [6.45, 7) is 6.55. The lowest BCUT2D eigenvalue weighted by Crippen LogP contribution is -2.46. The molecular weight excluding hydrogens is 286 g/mol. The van der Waals surface area contributed by atoms with Crippen LogP contribution in [0.5, 0.6) is 0 Å². The second-order valence-electron chi connectivity index (χ2n) is 5.47. The van der Waals surface area contributed by atoms with Crippen LogP contribution in [0.2, 0.25) is 0 Å². The molecule has 2 atom stereocenters. The molecule has 0 saturated carbocycles. The maximum atomic E-state index is 5.74. The molecule has 1 fully saturated rings. The van der Waals surface area contributed by atoms with Gasteiger partial charge in [0.2, 0.25) is 5.89 Å². The van der Waals surface area contributed by atoms with Crippen LogP contribution in [0.4, 0.5) is 0 Å². The normalized spacial score (nSPS) is 23.3. The van der Waals surface area contributed by atoms with Gasteiger partial charge in [-0.3, -0.25) is 4.90 Å². The van der Waals surface area contributed by atoms with Crippen molar-refractivity contribution < 1.29 is 9.15 Å². The summed E-state index contributed by atoms with van der Waals surface area (Å²) in [6.07, 6.45) is 0.451. The summed E-state index contributed by atoms with van der Waals surface area (Å²) in [5.41, 5.74) is 0.936. The minimum atomic E-state index is 0.225. The summed E-state index contributed by atoms with van der Waals surface area (Å²) in [6, 6.07) is 9.80. The van der Waals surface area contributed by atoms with Gasteiger partial charge in [0.1, 0.15) is 0 Å². The van der Waals surface area contributed by atoms with Gasteiger partial charge in [-0.05, 0) is 38.2 Å². The number of hydrogen-bond acceptors (Lipinski definition) is 5. The Morgan fingerprint density at radius 1 is 1.19 bits per heavy atom. The van der Waals surface area contributed by atoms with Crippen LogP contribution < -0.4 is 0 Å². The number of ether oxygens (including phenoxy) is 1. The van der Waals surface area contributed by atoms with Gasteiger partial charge in [0.25, 0.3) is 4.84 Å². The summed E-state index contributed by atoms with van der Waals surface area (Å²) in [5.74, 6) is 0.565. The molecule has 112 valence electrons. The molecule has 6 heteroatoms. The molecule has 0 amide bonds. The third-order valence-electron chi connectivity index (χ3n) is 3.46. The molecule has 0 unspecified atom stereocenters. The smallest absolute Gasteiger partial charge is 0.288 e. The highest BCUT2D eigenvalue weighted by Crippen LogP contribution is 2.18. The van der Waals surface area contributed by atoms with Gasteiger partial charge in [-0.25, -0.2) is 4.68 Å². The Bertz CT molecular complexity index is 642. The Morgan fingerprint density at radius 2 is 1.86 bits per heavy atom. The van der Waals surface area contributed by atoms with Crippen molar-refractivity contribution in [2.75, 3.05) is 13.1 Å². The van der Waals surface area contributed by atoms with E-state index in [0.29, 0.717) is 17.4 Å². The minimum Gasteiger partial charge on any atom is -0.409 e. The summed E-state index contributed by atoms with van der Waals surface area (Å²) in [7, 11) is 0. The van der Waals surface area contributed by atoms with Crippen molar-refractivity contribution in [1.29, 1.82) is 0 Å². The van der Waals surface area contributed by atoms with Gasteiger partial charge in [0.05, 0.1) is 18.9 Å². The average Bonchev–Trinajstić information content (AvgIpc) is 2.80. The molecule has 0 bridgehead atoms. The Balaban J connectivity index is 1.78. The summed E-state index contributed by atoms with van der Waals surface area (Å²) in [4.78, 5) is 2.69. The maximum Gasteiger partial charge on any atom is 0.288 e. The van der Waals surface area contributed by atoms with Crippen molar-refractivity contribution in [3.63, 3.8) is 0 Å². The third-order valence-corrected chi connectivity index (χ3v) is 3.75. The Morgan fingerprint density at radius 3 is 2.52 bits per heavy atom. The standard InChI is InChI=1S/C15H19N3O2S/c1-11-8-17(9-12(2)19-11)10-18-15(21)20-14(16-18)13-6-4-3-5-7-13/h3-7,11-12H,8-10H2,1-2H3/t11-,12+. The molecular formula is C15H19N3O2S. The van der Waals surface area contributed by atoms with Crippen molar-refractivity contribution >= 4 is 12.2 Å². The number of hydrogen-bond donors (Lipinski definition) is 0. The average molecular weight is 305 g/mol. The molecule has 0 aliphatic carbocycles. The van der Waals surface area contributed by atoms with E-state index in [-0.39, 0.29) is 12.2 Å². The molecule has 1 aliphatic rings. The van der Waals surface area contributed by atoms with Crippen LogP contribution in [-0.2, 0) is 11.4 Å². The fourth-order valence-corrected chi connectivity index (χ4v) is 2.86. The first-order valence-corrected chi connectivity index (χ1v) is 7.54. The lowest BCUT2D eigenvalue weighted by molar-refractivity contribution is -0.0778. The topological polar surface area (TPSA) is 43.4 Å². The highest BCUT2D eigenvalue weighted by molar-refractivity contribution is 7.71. The third kappa shape index (κ3) is 3.40. The second kappa shape index (κ2) is 6.09. The molecule has 21 heavy (non-hydrogen) atoms. The maximum absolute atomic E-state index is 5.74. The van der Waals surface area contributed by atoms with Crippen molar-refractivity contribution in [2.45, 2.75) is 32.7 Å². The van der Waals surface area contributed by atoms with Crippen molar-refractivity contribution in [3.8, 4) is 11.5 Å². The number of nitrogens with zero attached hydrogens (tertiary/aromatic N) is 3. The van der Waals surface area contributed by atoms with E-state index in [1.54, 1.807) is 4.68 Å². The van der Waals surface area contributed by atoms with E-state index >= 15 is 0 Å². The van der Waals surface area contributed by atoms with Crippen LogP contribution in [0, 0.1) is 4.84 Å². The van der Waals surface area contributed by atoms with E-state index in [1.165, 1.54) is 0 Å². The first-order chi connectivity index (χ1) is 10.1. The Labute approximate surface area is 129 Å². The van der Waals surface area contributed by atoms with E-state index < -0.39 is 0 Å². The molecule has 1 aromatic carbocycles. The zero-order valence-electron chi connectivity index (χ0n) is 12.2. The number of aromatic nitrogens is 2. The van der Waals surface area contributed by atoms with E-state index in [0.717, 1.165) is 18.7 Å². The highest BCUT2D eigenvalue weighted by Gasteiger charge is 2.23.